The van der Waals surface area contributed by atoms with Crippen LogP contribution >= 0.6 is 0 Å². The first kappa shape index (κ1) is 22.1. The van der Waals surface area contributed by atoms with Crippen LogP contribution in [0.25, 0.3) is 0 Å². The van der Waals surface area contributed by atoms with Gasteiger partial charge in [0.15, 0.2) is 5.69 Å². The van der Waals surface area contributed by atoms with E-state index < -0.39 is 0 Å². The highest BCUT2D eigenvalue weighted by Gasteiger charge is 2.23. The average Bonchev–Trinajstić information content (AvgIpc) is 3.26. The summed E-state index contributed by atoms with van der Waals surface area (Å²) in [6, 6.07) is 13.4. The lowest BCUT2D eigenvalue weighted by Gasteiger charge is -2.28. The average molecular weight is 447 g/mol. The number of rotatable bonds is 6. The van der Waals surface area contributed by atoms with Gasteiger partial charge in [-0.2, -0.15) is 5.10 Å². The summed E-state index contributed by atoms with van der Waals surface area (Å²) >= 11 is 0. The Morgan fingerprint density at radius 3 is 2.52 bits per heavy atom. The van der Waals surface area contributed by atoms with Gasteiger partial charge in [-0.05, 0) is 55.3 Å². The maximum Gasteiger partial charge on any atom is 0.276 e. The highest BCUT2D eigenvalue weighted by Crippen LogP contribution is 2.33. The Kier molecular flexibility index (Phi) is 6.39. The van der Waals surface area contributed by atoms with Gasteiger partial charge in [0.1, 0.15) is 5.75 Å². The van der Waals surface area contributed by atoms with Crippen molar-refractivity contribution in [2.24, 2.45) is 7.05 Å². The maximum atomic E-state index is 12.9. The molecule has 1 fully saturated rings. The zero-order valence-electron chi connectivity index (χ0n) is 18.5. The molecule has 3 amide bonds. The van der Waals surface area contributed by atoms with Gasteiger partial charge < -0.3 is 20.3 Å². The number of benzene rings is 2. The van der Waals surface area contributed by atoms with Gasteiger partial charge in [-0.1, -0.05) is 6.07 Å². The third kappa shape index (κ3) is 5.03. The van der Waals surface area contributed by atoms with Gasteiger partial charge in [0.25, 0.3) is 11.8 Å². The van der Waals surface area contributed by atoms with Gasteiger partial charge >= 0.3 is 0 Å². The van der Waals surface area contributed by atoms with Gasteiger partial charge in [-0.25, -0.2) is 0 Å². The summed E-state index contributed by atoms with van der Waals surface area (Å²) < 4.78 is 6.97. The van der Waals surface area contributed by atoms with Crippen LogP contribution in [-0.4, -0.2) is 41.2 Å². The summed E-state index contributed by atoms with van der Waals surface area (Å²) in [6.07, 6.45) is 3.97. The van der Waals surface area contributed by atoms with E-state index in [2.05, 4.69) is 15.7 Å². The second kappa shape index (κ2) is 9.56. The van der Waals surface area contributed by atoms with E-state index in [1.54, 1.807) is 78.5 Å². The largest absolute Gasteiger partial charge is 0.495 e. The predicted octanol–water partition coefficient (Wildman–Crippen LogP) is 3.45. The number of hydrogen-bond donors (Lipinski definition) is 2. The van der Waals surface area contributed by atoms with Gasteiger partial charge in [-0.15, -0.1) is 0 Å². The van der Waals surface area contributed by atoms with Crippen molar-refractivity contribution in [1.29, 1.82) is 0 Å². The van der Waals surface area contributed by atoms with Crippen molar-refractivity contribution in [3.05, 3.63) is 66.0 Å². The number of carbonyl (C=O) groups is 3. The lowest BCUT2D eigenvalue weighted by Crippen LogP contribution is -2.35. The van der Waals surface area contributed by atoms with Crippen molar-refractivity contribution in [2.75, 3.05) is 29.2 Å². The van der Waals surface area contributed by atoms with E-state index >= 15 is 0 Å². The summed E-state index contributed by atoms with van der Waals surface area (Å²) in [5, 5.41) is 9.68. The number of aromatic nitrogens is 2. The van der Waals surface area contributed by atoms with E-state index in [1.807, 2.05) is 0 Å². The van der Waals surface area contributed by atoms with Crippen molar-refractivity contribution < 1.29 is 19.1 Å². The Bertz CT molecular complexity index is 1200. The number of hydrogen-bond acceptors (Lipinski definition) is 5. The van der Waals surface area contributed by atoms with Crippen molar-refractivity contribution in [3.8, 4) is 5.75 Å². The molecule has 9 nitrogen and oxygen atoms in total. The normalized spacial score (nSPS) is 13.5. The van der Waals surface area contributed by atoms with E-state index in [4.69, 9.17) is 4.74 Å². The molecule has 170 valence electrons. The fourth-order valence-corrected chi connectivity index (χ4v) is 3.71. The molecule has 0 spiro atoms. The van der Waals surface area contributed by atoms with E-state index in [-0.39, 0.29) is 23.4 Å². The number of nitrogens with zero attached hydrogens (tertiary/aromatic N) is 3. The third-order valence-electron chi connectivity index (χ3n) is 5.38. The van der Waals surface area contributed by atoms with E-state index in [1.165, 1.54) is 0 Å². The first-order valence-corrected chi connectivity index (χ1v) is 10.7. The molecule has 0 unspecified atom stereocenters. The fourth-order valence-electron chi connectivity index (χ4n) is 3.71. The number of carbonyl (C=O) groups excluding carboxylic acids is 3. The summed E-state index contributed by atoms with van der Waals surface area (Å²) in [5.74, 6) is -0.0916. The first-order valence-electron chi connectivity index (χ1n) is 10.7. The monoisotopic (exact) mass is 447 g/mol. The van der Waals surface area contributed by atoms with Gasteiger partial charge in [-0.3, -0.25) is 19.1 Å². The number of nitrogens with one attached hydrogen (secondary N) is 2. The summed E-state index contributed by atoms with van der Waals surface area (Å²) in [5.41, 5.74) is 2.31. The molecule has 0 aliphatic carbocycles. The minimum atomic E-state index is -0.362. The lowest BCUT2D eigenvalue weighted by molar-refractivity contribution is -0.119. The molecule has 4 rings (SSSR count). The summed E-state index contributed by atoms with van der Waals surface area (Å²) in [4.78, 5) is 39.3. The van der Waals surface area contributed by atoms with E-state index in [0.29, 0.717) is 41.3 Å². The first-order chi connectivity index (χ1) is 15.9. The van der Waals surface area contributed by atoms with Gasteiger partial charge in [0.05, 0.1) is 12.8 Å². The van der Waals surface area contributed by atoms with Crippen molar-refractivity contribution in [2.45, 2.75) is 19.3 Å². The fraction of sp³-hybridized carbons (Fsp3) is 0.250. The maximum absolute atomic E-state index is 12.9. The number of anilines is 3. The van der Waals surface area contributed by atoms with Crippen LogP contribution in [0.5, 0.6) is 5.75 Å². The molecule has 2 heterocycles. The van der Waals surface area contributed by atoms with Crippen molar-refractivity contribution in [1.82, 2.24) is 9.78 Å². The van der Waals surface area contributed by atoms with Crippen LogP contribution in [0.4, 0.5) is 17.1 Å². The highest BCUT2D eigenvalue weighted by molar-refractivity contribution is 6.07. The highest BCUT2D eigenvalue weighted by atomic mass is 16.5. The molecular formula is C24H25N5O4. The molecule has 0 bridgehead atoms. The second-order valence-corrected chi connectivity index (χ2v) is 7.75. The standard InChI is InChI=1S/C24H25N5O4/c1-28-13-11-19(27-28)24(32)26-17-7-5-6-16(14-17)23(31)25-18-9-10-21(33-2)20(15-18)29-12-4-3-8-22(29)30/h5-7,9-11,13-15H,3-4,8,12H2,1-2H3,(H,25,31)(H,26,32). The van der Waals surface area contributed by atoms with Crippen molar-refractivity contribution in [3.63, 3.8) is 0 Å². The molecule has 1 aliphatic heterocycles. The number of ether oxygens (including phenoxy) is 1. The number of aryl methyl sites for hydroxylation is 1. The van der Waals surface area contributed by atoms with Crippen molar-refractivity contribution >= 4 is 34.8 Å². The Morgan fingerprint density at radius 1 is 1.00 bits per heavy atom. The van der Waals surface area contributed by atoms with Crippen LogP contribution in [0, 0.1) is 0 Å². The minimum absolute atomic E-state index is 0.0411. The molecule has 2 aromatic carbocycles. The number of piperidine rings is 1. The molecule has 1 aromatic heterocycles. The van der Waals surface area contributed by atoms with Crippen LogP contribution in [0.1, 0.15) is 40.1 Å². The third-order valence-corrected chi connectivity index (χ3v) is 5.38. The lowest BCUT2D eigenvalue weighted by atomic mass is 10.1. The molecule has 0 atom stereocenters. The van der Waals surface area contributed by atoms with Crippen LogP contribution in [0.2, 0.25) is 0 Å². The number of methoxy groups -OCH3 is 1. The smallest absolute Gasteiger partial charge is 0.276 e. The molecule has 2 N–H and O–H groups in total. The topological polar surface area (TPSA) is 106 Å². The molecule has 0 saturated carbocycles. The molecule has 33 heavy (non-hydrogen) atoms. The van der Waals surface area contributed by atoms with Crippen LogP contribution in [0.3, 0.4) is 0 Å². The second-order valence-electron chi connectivity index (χ2n) is 7.75. The SMILES string of the molecule is COc1ccc(NC(=O)c2cccc(NC(=O)c3ccn(C)n3)c2)cc1N1CCCCC1=O. The Balaban J connectivity index is 1.50. The quantitative estimate of drug-likeness (QED) is 0.602. The van der Waals surface area contributed by atoms with Gasteiger partial charge in [0.2, 0.25) is 5.91 Å². The predicted molar refractivity (Wildman–Crippen MR) is 125 cm³/mol. The van der Waals surface area contributed by atoms with Crippen LogP contribution in [-0.2, 0) is 11.8 Å². The molecule has 3 aromatic rings. The Morgan fingerprint density at radius 2 is 1.79 bits per heavy atom. The summed E-state index contributed by atoms with van der Waals surface area (Å²) in [7, 11) is 3.28. The zero-order chi connectivity index (χ0) is 23.4. The van der Waals surface area contributed by atoms with Gasteiger partial charge in [0, 0.05) is 43.1 Å². The van der Waals surface area contributed by atoms with E-state index in [9.17, 15) is 14.4 Å². The van der Waals surface area contributed by atoms with Crippen LogP contribution < -0.4 is 20.3 Å². The molecular weight excluding hydrogens is 422 g/mol. The molecule has 1 saturated heterocycles. The molecule has 0 radical (unpaired) electrons. The zero-order valence-corrected chi connectivity index (χ0v) is 18.5. The Labute approximate surface area is 191 Å². The molecule has 1 aliphatic rings. The minimum Gasteiger partial charge on any atom is -0.495 e. The number of amides is 3. The molecule has 9 heteroatoms. The Hall–Kier alpha value is -4.14. The van der Waals surface area contributed by atoms with E-state index in [0.717, 1.165) is 12.8 Å². The summed E-state index contributed by atoms with van der Waals surface area (Å²) in [6.45, 7) is 0.616. The van der Waals surface area contributed by atoms with Crippen LogP contribution in [0.15, 0.2) is 54.7 Å².